The molecule has 0 aliphatic carbocycles. The van der Waals surface area contributed by atoms with E-state index in [4.69, 9.17) is 5.26 Å². The molecule has 2 aromatic heterocycles. The lowest BCUT2D eigenvalue weighted by Gasteiger charge is -2.23. The third-order valence-electron chi connectivity index (χ3n) is 2.55. The molecule has 7 nitrogen and oxygen atoms in total. The van der Waals surface area contributed by atoms with E-state index in [1.54, 1.807) is 17.5 Å². The standard InChI is InChI=1S/C12H14N6OS/c1-8-5-14-11(20-8)12(2,3)16-10(19)6-18-7-15-9(4-13)17-18/h5,7H,6H2,1-3H3,(H,16,19). The fourth-order valence-corrected chi connectivity index (χ4v) is 2.48. The number of hydrogen-bond donors (Lipinski definition) is 1. The fourth-order valence-electron chi connectivity index (χ4n) is 1.65. The number of hydrogen-bond acceptors (Lipinski definition) is 6. The van der Waals surface area contributed by atoms with Gasteiger partial charge in [0.25, 0.3) is 5.82 Å². The van der Waals surface area contributed by atoms with E-state index in [9.17, 15) is 4.79 Å². The van der Waals surface area contributed by atoms with Crippen molar-refractivity contribution >= 4 is 17.2 Å². The first-order chi connectivity index (χ1) is 9.40. The summed E-state index contributed by atoms with van der Waals surface area (Å²) < 4.78 is 1.33. The van der Waals surface area contributed by atoms with Crippen molar-refractivity contribution < 1.29 is 4.79 Å². The Morgan fingerprint density at radius 2 is 2.30 bits per heavy atom. The van der Waals surface area contributed by atoms with Gasteiger partial charge in [0.2, 0.25) is 5.91 Å². The van der Waals surface area contributed by atoms with Gasteiger partial charge >= 0.3 is 0 Å². The first-order valence-corrected chi connectivity index (χ1v) is 6.76. The average molecular weight is 290 g/mol. The van der Waals surface area contributed by atoms with Gasteiger partial charge in [0.05, 0.1) is 5.54 Å². The van der Waals surface area contributed by atoms with E-state index in [-0.39, 0.29) is 18.3 Å². The molecule has 2 aromatic rings. The molecule has 2 rings (SSSR count). The molecule has 0 unspecified atom stereocenters. The first kappa shape index (κ1) is 14.1. The molecule has 0 fully saturated rings. The van der Waals surface area contributed by atoms with Crippen LogP contribution in [0.15, 0.2) is 12.5 Å². The zero-order chi connectivity index (χ0) is 14.8. The monoisotopic (exact) mass is 290 g/mol. The summed E-state index contributed by atoms with van der Waals surface area (Å²) >= 11 is 1.55. The largest absolute Gasteiger partial charge is 0.343 e. The van der Waals surface area contributed by atoms with Crippen LogP contribution in [0.2, 0.25) is 0 Å². The third kappa shape index (κ3) is 3.19. The van der Waals surface area contributed by atoms with E-state index in [0.29, 0.717) is 0 Å². The molecule has 20 heavy (non-hydrogen) atoms. The maximum absolute atomic E-state index is 12.0. The van der Waals surface area contributed by atoms with Gasteiger partial charge in [-0.2, -0.15) is 5.26 Å². The molecule has 0 radical (unpaired) electrons. The predicted octanol–water partition coefficient (Wildman–Crippen LogP) is 0.966. The third-order valence-corrected chi connectivity index (χ3v) is 3.79. The Morgan fingerprint density at radius 1 is 1.55 bits per heavy atom. The summed E-state index contributed by atoms with van der Waals surface area (Å²) in [7, 11) is 0. The van der Waals surface area contributed by atoms with Gasteiger partial charge in [-0.15, -0.1) is 16.4 Å². The Morgan fingerprint density at radius 3 is 2.85 bits per heavy atom. The highest BCUT2D eigenvalue weighted by molar-refractivity contribution is 7.11. The van der Waals surface area contributed by atoms with E-state index in [1.807, 2.05) is 26.8 Å². The molecule has 8 heteroatoms. The zero-order valence-corrected chi connectivity index (χ0v) is 12.2. The van der Waals surface area contributed by atoms with E-state index >= 15 is 0 Å². The van der Waals surface area contributed by atoms with Crippen molar-refractivity contribution in [3.63, 3.8) is 0 Å². The maximum Gasteiger partial charge on any atom is 0.252 e. The molecule has 0 atom stereocenters. The number of nitrogens with zero attached hydrogens (tertiary/aromatic N) is 5. The lowest BCUT2D eigenvalue weighted by Crippen LogP contribution is -2.42. The number of carbonyl (C=O) groups is 1. The Labute approximate surface area is 120 Å². The van der Waals surface area contributed by atoms with Crippen LogP contribution in [-0.2, 0) is 16.9 Å². The zero-order valence-electron chi connectivity index (χ0n) is 11.4. The summed E-state index contributed by atoms with van der Waals surface area (Å²) in [4.78, 5) is 21.1. The summed E-state index contributed by atoms with van der Waals surface area (Å²) in [5.74, 6) is -0.162. The molecule has 0 aromatic carbocycles. The molecule has 0 bridgehead atoms. The van der Waals surface area contributed by atoms with Crippen LogP contribution in [0.1, 0.15) is 29.6 Å². The summed E-state index contributed by atoms with van der Waals surface area (Å²) in [6, 6.07) is 1.81. The quantitative estimate of drug-likeness (QED) is 0.905. The van der Waals surface area contributed by atoms with E-state index in [1.165, 1.54) is 11.0 Å². The molecular formula is C12H14N6OS. The van der Waals surface area contributed by atoms with E-state index in [0.717, 1.165) is 9.88 Å². The normalized spacial score (nSPS) is 11.1. The molecular weight excluding hydrogens is 276 g/mol. The number of nitriles is 1. The number of aryl methyl sites for hydroxylation is 1. The summed E-state index contributed by atoms with van der Waals surface area (Å²) in [5, 5.41) is 16.2. The second kappa shape index (κ2) is 5.38. The molecule has 0 saturated heterocycles. The van der Waals surface area contributed by atoms with Crippen molar-refractivity contribution in [2.45, 2.75) is 32.9 Å². The topological polar surface area (TPSA) is 96.5 Å². The smallest absolute Gasteiger partial charge is 0.252 e. The second-order valence-corrected chi connectivity index (χ2v) is 6.06. The highest BCUT2D eigenvalue weighted by Crippen LogP contribution is 2.24. The van der Waals surface area contributed by atoms with Gasteiger partial charge in [0.1, 0.15) is 23.9 Å². The summed E-state index contributed by atoms with van der Waals surface area (Å²) in [5.41, 5.74) is -0.547. The van der Waals surface area contributed by atoms with Crippen molar-refractivity contribution in [1.82, 2.24) is 25.1 Å². The van der Waals surface area contributed by atoms with Crippen molar-refractivity contribution in [2.75, 3.05) is 0 Å². The first-order valence-electron chi connectivity index (χ1n) is 5.94. The summed E-state index contributed by atoms with van der Waals surface area (Å²) in [6.45, 7) is 5.77. The van der Waals surface area contributed by atoms with Crippen LogP contribution in [0.25, 0.3) is 0 Å². The highest BCUT2D eigenvalue weighted by Gasteiger charge is 2.26. The Hall–Kier alpha value is -2.27. The molecule has 0 spiro atoms. The molecule has 0 aliphatic rings. The lowest BCUT2D eigenvalue weighted by molar-refractivity contribution is -0.123. The SMILES string of the molecule is Cc1cnc(C(C)(C)NC(=O)Cn2cnc(C#N)n2)s1. The Bertz CT molecular complexity index is 666. The van der Waals surface area contributed by atoms with E-state index < -0.39 is 5.54 Å². The predicted molar refractivity (Wildman–Crippen MR) is 72.8 cm³/mol. The molecule has 104 valence electrons. The van der Waals surface area contributed by atoms with E-state index in [2.05, 4.69) is 20.4 Å². The van der Waals surface area contributed by atoms with Crippen LogP contribution in [-0.4, -0.2) is 25.7 Å². The minimum atomic E-state index is -0.547. The van der Waals surface area contributed by atoms with Crippen molar-refractivity contribution in [3.8, 4) is 6.07 Å². The van der Waals surface area contributed by atoms with Crippen molar-refractivity contribution in [2.24, 2.45) is 0 Å². The van der Waals surface area contributed by atoms with Gasteiger partial charge in [-0.3, -0.25) is 4.79 Å². The van der Waals surface area contributed by atoms with Crippen molar-refractivity contribution in [3.05, 3.63) is 28.2 Å². The van der Waals surface area contributed by atoms with Gasteiger partial charge < -0.3 is 5.32 Å². The molecule has 2 heterocycles. The van der Waals surface area contributed by atoms with Crippen LogP contribution in [0.3, 0.4) is 0 Å². The lowest BCUT2D eigenvalue weighted by atomic mass is 10.1. The van der Waals surface area contributed by atoms with Gasteiger partial charge in [-0.1, -0.05) is 0 Å². The van der Waals surface area contributed by atoms with Gasteiger partial charge in [-0.05, 0) is 20.8 Å². The van der Waals surface area contributed by atoms with Gasteiger partial charge in [0.15, 0.2) is 0 Å². The number of carbonyl (C=O) groups excluding carboxylic acids is 1. The molecule has 0 aliphatic heterocycles. The number of aromatic nitrogens is 4. The van der Waals surface area contributed by atoms with Crippen LogP contribution < -0.4 is 5.32 Å². The van der Waals surface area contributed by atoms with Crippen LogP contribution in [0.5, 0.6) is 0 Å². The minimum absolute atomic E-state index is 0.0163. The van der Waals surface area contributed by atoms with Crippen LogP contribution >= 0.6 is 11.3 Å². The number of thiazole rings is 1. The average Bonchev–Trinajstić information content (AvgIpc) is 2.97. The number of nitrogens with one attached hydrogen (secondary N) is 1. The number of amides is 1. The Balaban J connectivity index is 2.02. The van der Waals surface area contributed by atoms with Crippen LogP contribution in [0, 0.1) is 18.3 Å². The highest BCUT2D eigenvalue weighted by atomic mass is 32.1. The molecule has 0 saturated carbocycles. The number of rotatable bonds is 4. The Kier molecular flexibility index (Phi) is 3.81. The van der Waals surface area contributed by atoms with Crippen molar-refractivity contribution in [1.29, 1.82) is 5.26 Å². The maximum atomic E-state index is 12.0. The fraction of sp³-hybridized carbons (Fsp3) is 0.417. The minimum Gasteiger partial charge on any atom is -0.343 e. The molecule has 1 amide bonds. The van der Waals surface area contributed by atoms with Gasteiger partial charge in [0, 0.05) is 11.1 Å². The van der Waals surface area contributed by atoms with Crippen LogP contribution in [0.4, 0.5) is 0 Å². The summed E-state index contributed by atoms with van der Waals surface area (Å²) in [6.07, 6.45) is 3.14. The van der Waals surface area contributed by atoms with Gasteiger partial charge in [-0.25, -0.2) is 14.6 Å². The second-order valence-electron chi connectivity index (χ2n) is 4.83. The molecule has 1 N–H and O–H groups in total.